The highest BCUT2D eigenvalue weighted by molar-refractivity contribution is 5.69. The van der Waals surface area contributed by atoms with E-state index in [1.807, 2.05) is 12.1 Å². The number of para-hydroxylation sites is 1. The van der Waals surface area contributed by atoms with Crippen molar-refractivity contribution in [3.8, 4) is 17.0 Å². The van der Waals surface area contributed by atoms with E-state index in [0.717, 1.165) is 18.5 Å². The zero-order valence-electron chi connectivity index (χ0n) is 11.3. The van der Waals surface area contributed by atoms with Gasteiger partial charge in [-0.3, -0.25) is 4.79 Å². The van der Waals surface area contributed by atoms with Crippen LogP contribution in [0.4, 0.5) is 0 Å². The summed E-state index contributed by atoms with van der Waals surface area (Å²) in [6.45, 7) is 0.640. The molecule has 0 fully saturated rings. The van der Waals surface area contributed by atoms with Crippen molar-refractivity contribution in [2.45, 2.75) is 25.8 Å². The predicted molar refractivity (Wildman–Crippen MR) is 73.0 cm³/mol. The highest BCUT2D eigenvalue weighted by Gasteiger charge is 2.10. The van der Waals surface area contributed by atoms with E-state index in [2.05, 4.69) is 15.0 Å². The number of benzene rings is 1. The van der Waals surface area contributed by atoms with Crippen LogP contribution in [-0.2, 0) is 16.1 Å². The van der Waals surface area contributed by atoms with Gasteiger partial charge in [0.25, 0.3) is 0 Å². The Morgan fingerprint density at radius 3 is 2.90 bits per heavy atom. The van der Waals surface area contributed by atoms with Crippen LogP contribution in [0.25, 0.3) is 11.3 Å². The van der Waals surface area contributed by atoms with Gasteiger partial charge in [0.1, 0.15) is 5.75 Å². The third kappa shape index (κ3) is 3.34. The fourth-order valence-corrected chi connectivity index (χ4v) is 1.95. The predicted octanol–water partition coefficient (Wildman–Crippen LogP) is 1.99. The third-order valence-corrected chi connectivity index (χ3v) is 3.03. The standard InChI is InChI=1S/C14H17N3O3/c1-20-14(19)8-4-5-9-17-12(10-15-16-17)11-6-2-3-7-13(11)18/h2-3,6-7,10,18H,4-5,8-9H2,1H3. The molecule has 0 aliphatic rings. The molecule has 1 aromatic heterocycles. The summed E-state index contributed by atoms with van der Waals surface area (Å²) in [5.41, 5.74) is 1.46. The minimum Gasteiger partial charge on any atom is -0.507 e. The van der Waals surface area contributed by atoms with E-state index >= 15 is 0 Å². The van der Waals surface area contributed by atoms with Crippen LogP contribution < -0.4 is 0 Å². The maximum absolute atomic E-state index is 11.0. The Labute approximate surface area is 117 Å². The number of unbranched alkanes of at least 4 members (excludes halogenated alkanes) is 1. The van der Waals surface area contributed by atoms with Gasteiger partial charge in [0.05, 0.1) is 19.0 Å². The van der Waals surface area contributed by atoms with Crippen molar-refractivity contribution in [1.82, 2.24) is 15.0 Å². The van der Waals surface area contributed by atoms with Gasteiger partial charge >= 0.3 is 5.97 Å². The van der Waals surface area contributed by atoms with Crippen LogP contribution in [-0.4, -0.2) is 33.2 Å². The van der Waals surface area contributed by atoms with Gasteiger partial charge in [-0.05, 0) is 25.0 Å². The maximum Gasteiger partial charge on any atom is 0.305 e. The number of phenolic OH excluding ortho intramolecular Hbond substituents is 1. The number of aryl methyl sites for hydroxylation is 1. The lowest BCUT2D eigenvalue weighted by Gasteiger charge is -2.07. The normalized spacial score (nSPS) is 10.4. The van der Waals surface area contributed by atoms with E-state index in [-0.39, 0.29) is 11.7 Å². The van der Waals surface area contributed by atoms with Crippen LogP contribution in [0.2, 0.25) is 0 Å². The minimum atomic E-state index is -0.204. The van der Waals surface area contributed by atoms with Gasteiger partial charge in [-0.1, -0.05) is 17.3 Å². The van der Waals surface area contributed by atoms with Crippen molar-refractivity contribution in [1.29, 1.82) is 0 Å². The molecule has 0 saturated heterocycles. The lowest BCUT2D eigenvalue weighted by Crippen LogP contribution is -2.05. The van der Waals surface area contributed by atoms with Crippen LogP contribution in [0.5, 0.6) is 5.75 Å². The zero-order chi connectivity index (χ0) is 14.4. The fourth-order valence-electron chi connectivity index (χ4n) is 1.95. The molecule has 0 radical (unpaired) electrons. The number of hydrogen-bond donors (Lipinski definition) is 1. The Hall–Kier alpha value is -2.37. The lowest BCUT2D eigenvalue weighted by atomic mass is 10.1. The van der Waals surface area contributed by atoms with E-state index in [4.69, 9.17) is 0 Å². The molecule has 0 saturated carbocycles. The highest BCUT2D eigenvalue weighted by atomic mass is 16.5. The number of aromatic hydroxyl groups is 1. The lowest BCUT2D eigenvalue weighted by molar-refractivity contribution is -0.140. The van der Waals surface area contributed by atoms with Crippen molar-refractivity contribution >= 4 is 5.97 Å². The largest absolute Gasteiger partial charge is 0.507 e. The topological polar surface area (TPSA) is 77.2 Å². The fraction of sp³-hybridized carbons (Fsp3) is 0.357. The molecular weight excluding hydrogens is 258 g/mol. The number of phenols is 1. The zero-order valence-corrected chi connectivity index (χ0v) is 11.3. The molecule has 0 spiro atoms. The maximum atomic E-state index is 11.0. The molecule has 1 N–H and O–H groups in total. The molecule has 0 amide bonds. The first-order valence-electron chi connectivity index (χ1n) is 6.46. The van der Waals surface area contributed by atoms with Gasteiger partial charge in [-0.25, -0.2) is 4.68 Å². The number of carbonyl (C=O) groups is 1. The molecule has 1 aromatic carbocycles. The Morgan fingerprint density at radius 1 is 1.35 bits per heavy atom. The first-order valence-corrected chi connectivity index (χ1v) is 6.46. The molecule has 0 bridgehead atoms. The Balaban J connectivity index is 1.99. The van der Waals surface area contributed by atoms with E-state index < -0.39 is 0 Å². The molecule has 0 atom stereocenters. The average molecular weight is 275 g/mol. The highest BCUT2D eigenvalue weighted by Crippen LogP contribution is 2.27. The summed E-state index contributed by atoms with van der Waals surface area (Å²) in [5, 5.41) is 17.7. The summed E-state index contributed by atoms with van der Waals surface area (Å²) in [4.78, 5) is 11.0. The van der Waals surface area contributed by atoms with Crippen molar-refractivity contribution in [3.05, 3.63) is 30.5 Å². The van der Waals surface area contributed by atoms with Gasteiger partial charge in [-0.2, -0.15) is 0 Å². The van der Waals surface area contributed by atoms with Gasteiger partial charge in [-0.15, -0.1) is 5.10 Å². The van der Waals surface area contributed by atoms with Crippen molar-refractivity contribution < 1.29 is 14.6 Å². The summed E-state index contributed by atoms with van der Waals surface area (Å²) in [5.74, 6) is -0.00451. The molecule has 0 aliphatic carbocycles. The molecule has 0 aliphatic heterocycles. The summed E-state index contributed by atoms with van der Waals surface area (Å²) >= 11 is 0. The summed E-state index contributed by atoms with van der Waals surface area (Å²) in [7, 11) is 1.38. The second-order valence-corrected chi connectivity index (χ2v) is 4.39. The molecule has 2 rings (SSSR count). The molecule has 1 heterocycles. The van der Waals surface area contributed by atoms with E-state index in [1.54, 1.807) is 23.0 Å². The number of esters is 1. The molecule has 0 unspecified atom stereocenters. The van der Waals surface area contributed by atoms with Crippen molar-refractivity contribution in [2.24, 2.45) is 0 Å². The number of rotatable bonds is 6. The Morgan fingerprint density at radius 2 is 2.15 bits per heavy atom. The van der Waals surface area contributed by atoms with Crippen molar-refractivity contribution in [3.63, 3.8) is 0 Å². The number of methoxy groups -OCH3 is 1. The first-order chi connectivity index (χ1) is 9.72. The summed E-state index contributed by atoms with van der Waals surface area (Å²) in [6, 6.07) is 7.07. The number of nitrogens with zero attached hydrogens (tertiary/aromatic N) is 3. The van der Waals surface area contributed by atoms with E-state index in [1.165, 1.54) is 7.11 Å². The van der Waals surface area contributed by atoms with Gasteiger partial charge in [0.15, 0.2) is 0 Å². The van der Waals surface area contributed by atoms with Crippen molar-refractivity contribution in [2.75, 3.05) is 7.11 Å². The van der Waals surface area contributed by atoms with Gasteiger partial charge < -0.3 is 9.84 Å². The van der Waals surface area contributed by atoms with Crippen LogP contribution >= 0.6 is 0 Å². The molecular formula is C14H17N3O3. The summed E-state index contributed by atoms with van der Waals surface area (Å²) in [6.07, 6.45) is 3.54. The Bertz CT molecular complexity index is 581. The molecule has 6 heteroatoms. The second kappa shape index (κ2) is 6.70. The quantitative estimate of drug-likeness (QED) is 0.644. The molecule has 6 nitrogen and oxygen atoms in total. The molecule has 106 valence electrons. The monoisotopic (exact) mass is 275 g/mol. The minimum absolute atomic E-state index is 0.200. The number of aromatic nitrogens is 3. The van der Waals surface area contributed by atoms with Gasteiger partial charge in [0.2, 0.25) is 0 Å². The first kappa shape index (κ1) is 14.0. The van der Waals surface area contributed by atoms with Crippen LogP contribution in [0, 0.1) is 0 Å². The van der Waals surface area contributed by atoms with Gasteiger partial charge in [0, 0.05) is 18.5 Å². The van der Waals surface area contributed by atoms with E-state index in [9.17, 15) is 9.90 Å². The number of ether oxygens (including phenoxy) is 1. The number of hydrogen-bond acceptors (Lipinski definition) is 5. The average Bonchev–Trinajstić information content (AvgIpc) is 2.92. The van der Waals surface area contributed by atoms with Crippen LogP contribution in [0.1, 0.15) is 19.3 Å². The summed E-state index contributed by atoms with van der Waals surface area (Å²) < 4.78 is 6.32. The second-order valence-electron chi connectivity index (χ2n) is 4.39. The molecule has 2 aromatic rings. The SMILES string of the molecule is COC(=O)CCCCn1nncc1-c1ccccc1O. The molecule has 20 heavy (non-hydrogen) atoms. The number of carbonyl (C=O) groups excluding carboxylic acids is 1. The van der Waals surface area contributed by atoms with Crippen LogP contribution in [0.15, 0.2) is 30.5 Å². The van der Waals surface area contributed by atoms with Crippen LogP contribution in [0.3, 0.4) is 0 Å². The Kier molecular flexibility index (Phi) is 4.70. The smallest absolute Gasteiger partial charge is 0.305 e. The van der Waals surface area contributed by atoms with E-state index in [0.29, 0.717) is 18.5 Å². The third-order valence-electron chi connectivity index (χ3n) is 3.03.